The molecule has 0 aromatic carbocycles. The van der Waals surface area contributed by atoms with Gasteiger partial charge >= 0.3 is 5.97 Å². The van der Waals surface area contributed by atoms with Gasteiger partial charge in [-0.3, -0.25) is 9.59 Å². The van der Waals surface area contributed by atoms with Crippen LogP contribution < -0.4 is 0 Å². The van der Waals surface area contributed by atoms with E-state index in [0.717, 1.165) is 19.1 Å². The molecule has 2 aliphatic carbocycles. The van der Waals surface area contributed by atoms with Crippen molar-refractivity contribution < 1.29 is 14.3 Å². The Kier molecular flexibility index (Phi) is 6.08. The third kappa shape index (κ3) is 4.31. The summed E-state index contributed by atoms with van der Waals surface area (Å²) >= 11 is 0. The van der Waals surface area contributed by atoms with Crippen molar-refractivity contribution in [3.8, 4) is 0 Å². The van der Waals surface area contributed by atoms with E-state index in [-0.39, 0.29) is 11.4 Å². The molecule has 2 rings (SSSR count). The fourth-order valence-corrected chi connectivity index (χ4v) is 5.33. The molecule has 25 heavy (non-hydrogen) atoms. The summed E-state index contributed by atoms with van der Waals surface area (Å²) < 4.78 is 4.78. The van der Waals surface area contributed by atoms with E-state index in [2.05, 4.69) is 27.4 Å². The van der Waals surface area contributed by atoms with Crippen molar-refractivity contribution in [1.29, 1.82) is 0 Å². The van der Waals surface area contributed by atoms with Crippen LogP contribution in [-0.2, 0) is 14.3 Å². The average molecular weight is 344 g/mol. The van der Waals surface area contributed by atoms with Gasteiger partial charge in [-0.1, -0.05) is 45.4 Å². The molecular formula is C22H32O3. The lowest BCUT2D eigenvalue weighted by molar-refractivity contribution is -0.135. The predicted octanol–water partition coefficient (Wildman–Crippen LogP) is 5.38. The van der Waals surface area contributed by atoms with Gasteiger partial charge in [-0.2, -0.15) is 0 Å². The maximum atomic E-state index is 11.3. The second-order valence-electron chi connectivity index (χ2n) is 8.62. The highest BCUT2D eigenvalue weighted by Crippen LogP contribution is 2.61. The van der Waals surface area contributed by atoms with Crippen molar-refractivity contribution >= 4 is 12.3 Å². The molecule has 0 saturated heterocycles. The first-order valence-electron chi connectivity index (χ1n) is 9.37. The SMILES string of the molecule is C=C1CC[C@@H]2C(C)(C)CCC[C@]2(C)[C@H]1CC=C(C=O)C=COC(C)=O. The lowest BCUT2D eigenvalue weighted by Crippen LogP contribution is -2.49. The molecular weight excluding hydrogens is 312 g/mol. The first-order chi connectivity index (χ1) is 11.7. The summed E-state index contributed by atoms with van der Waals surface area (Å²) in [5, 5.41) is 0. The Hall–Kier alpha value is -1.64. The number of aldehydes is 1. The van der Waals surface area contributed by atoms with Crippen LogP contribution in [0.25, 0.3) is 0 Å². The van der Waals surface area contributed by atoms with E-state index in [4.69, 9.17) is 4.74 Å². The number of carbonyl (C=O) groups excluding carboxylic acids is 2. The number of hydrogen-bond donors (Lipinski definition) is 0. The number of allylic oxidation sites excluding steroid dienone is 4. The third-order valence-corrected chi connectivity index (χ3v) is 6.54. The monoisotopic (exact) mass is 344 g/mol. The molecule has 138 valence electrons. The molecule has 0 unspecified atom stereocenters. The van der Waals surface area contributed by atoms with Gasteiger partial charge in [0, 0.05) is 12.5 Å². The number of hydrogen-bond acceptors (Lipinski definition) is 3. The van der Waals surface area contributed by atoms with Crippen LogP contribution in [0.15, 0.2) is 36.1 Å². The Morgan fingerprint density at radius 1 is 1.32 bits per heavy atom. The molecule has 0 aromatic rings. The van der Waals surface area contributed by atoms with Gasteiger partial charge in [-0.25, -0.2) is 0 Å². The highest BCUT2D eigenvalue weighted by molar-refractivity contribution is 5.77. The standard InChI is InChI=1S/C22H32O3/c1-16-7-10-20-21(3,4)12-6-13-22(20,5)19(16)9-8-18(15-23)11-14-25-17(2)24/h8,11,14-15,19-20H,1,6-7,9-10,12-13H2,2-5H3/t19-,20+,22+/m0/s1. The number of esters is 1. The molecule has 0 radical (unpaired) electrons. The van der Waals surface area contributed by atoms with Crippen molar-refractivity contribution in [3.63, 3.8) is 0 Å². The van der Waals surface area contributed by atoms with E-state index in [9.17, 15) is 9.59 Å². The summed E-state index contributed by atoms with van der Waals surface area (Å²) in [5.74, 6) is 0.721. The largest absolute Gasteiger partial charge is 0.435 e. The van der Waals surface area contributed by atoms with E-state index in [1.54, 1.807) is 6.08 Å². The lowest BCUT2D eigenvalue weighted by atomic mass is 9.47. The zero-order chi connectivity index (χ0) is 18.7. The number of ether oxygens (including phenoxy) is 1. The minimum atomic E-state index is -0.387. The van der Waals surface area contributed by atoms with Gasteiger partial charge in [0.15, 0.2) is 0 Å². The van der Waals surface area contributed by atoms with Crippen LogP contribution in [0.1, 0.15) is 66.2 Å². The molecule has 2 fully saturated rings. The molecule has 0 heterocycles. The molecule has 3 atom stereocenters. The maximum absolute atomic E-state index is 11.3. The Morgan fingerprint density at radius 3 is 2.68 bits per heavy atom. The topological polar surface area (TPSA) is 43.4 Å². The highest BCUT2D eigenvalue weighted by Gasteiger charge is 2.52. The quantitative estimate of drug-likeness (QED) is 0.168. The summed E-state index contributed by atoms with van der Waals surface area (Å²) in [4.78, 5) is 22.1. The highest BCUT2D eigenvalue weighted by atomic mass is 16.5. The average Bonchev–Trinajstić information content (AvgIpc) is 2.51. The van der Waals surface area contributed by atoms with Gasteiger partial charge in [0.1, 0.15) is 6.29 Å². The smallest absolute Gasteiger partial charge is 0.307 e. The van der Waals surface area contributed by atoms with Gasteiger partial charge in [0.05, 0.1) is 6.26 Å². The van der Waals surface area contributed by atoms with E-state index in [0.29, 0.717) is 22.8 Å². The minimum Gasteiger partial charge on any atom is -0.435 e. The van der Waals surface area contributed by atoms with Gasteiger partial charge in [0.25, 0.3) is 0 Å². The fraction of sp³-hybridized carbons (Fsp3) is 0.636. The first-order valence-corrected chi connectivity index (χ1v) is 9.37. The van der Waals surface area contributed by atoms with Crippen LogP contribution in [0.5, 0.6) is 0 Å². The van der Waals surface area contributed by atoms with E-state index < -0.39 is 0 Å². The van der Waals surface area contributed by atoms with Gasteiger partial charge in [-0.05, 0) is 60.8 Å². The van der Waals surface area contributed by atoms with Crippen LogP contribution in [0, 0.1) is 22.7 Å². The van der Waals surface area contributed by atoms with Gasteiger partial charge in [-0.15, -0.1) is 0 Å². The maximum Gasteiger partial charge on any atom is 0.307 e. The Labute approximate surface area is 152 Å². The van der Waals surface area contributed by atoms with Gasteiger partial charge in [0.2, 0.25) is 0 Å². The molecule has 0 bridgehead atoms. The third-order valence-electron chi connectivity index (χ3n) is 6.54. The first kappa shape index (κ1) is 19.7. The lowest BCUT2D eigenvalue weighted by Gasteiger charge is -2.58. The number of rotatable bonds is 5. The summed E-state index contributed by atoms with van der Waals surface area (Å²) in [5.41, 5.74) is 2.50. The molecule has 0 aliphatic heterocycles. The summed E-state index contributed by atoms with van der Waals surface area (Å²) in [6.07, 6.45) is 12.6. The summed E-state index contributed by atoms with van der Waals surface area (Å²) in [7, 11) is 0. The van der Waals surface area contributed by atoms with Crippen LogP contribution in [0.2, 0.25) is 0 Å². The normalized spacial score (nSPS) is 32.3. The van der Waals surface area contributed by atoms with Crippen LogP contribution >= 0.6 is 0 Å². The fourth-order valence-electron chi connectivity index (χ4n) is 5.33. The van der Waals surface area contributed by atoms with E-state index in [1.165, 1.54) is 44.4 Å². The second-order valence-corrected chi connectivity index (χ2v) is 8.62. The van der Waals surface area contributed by atoms with E-state index in [1.807, 2.05) is 6.08 Å². The van der Waals surface area contributed by atoms with Crippen molar-refractivity contribution in [1.82, 2.24) is 0 Å². The molecule has 0 amide bonds. The van der Waals surface area contributed by atoms with Crippen molar-refractivity contribution in [2.45, 2.75) is 66.2 Å². The van der Waals surface area contributed by atoms with Crippen LogP contribution in [0.4, 0.5) is 0 Å². The Bertz CT molecular complexity index is 596. The molecule has 0 aromatic heterocycles. The summed E-state index contributed by atoms with van der Waals surface area (Å²) in [6, 6.07) is 0. The molecule has 2 saturated carbocycles. The molecule has 3 heteroatoms. The number of fused-ring (bicyclic) bond motifs is 1. The van der Waals surface area contributed by atoms with Crippen molar-refractivity contribution in [2.24, 2.45) is 22.7 Å². The Morgan fingerprint density at radius 2 is 2.04 bits per heavy atom. The van der Waals surface area contributed by atoms with Crippen molar-refractivity contribution in [3.05, 3.63) is 36.1 Å². The van der Waals surface area contributed by atoms with Crippen LogP contribution in [-0.4, -0.2) is 12.3 Å². The molecule has 0 spiro atoms. The van der Waals surface area contributed by atoms with E-state index >= 15 is 0 Å². The molecule has 3 nitrogen and oxygen atoms in total. The zero-order valence-electron chi connectivity index (χ0n) is 16.1. The molecule has 2 aliphatic rings. The zero-order valence-corrected chi connectivity index (χ0v) is 16.1. The van der Waals surface area contributed by atoms with Crippen LogP contribution in [0.3, 0.4) is 0 Å². The Balaban J connectivity index is 2.19. The predicted molar refractivity (Wildman–Crippen MR) is 101 cm³/mol. The second kappa shape index (κ2) is 7.72. The van der Waals surface area contributed by atoms with Crippen molar-refractivity contribution in [2.75, 3.05) is 0 Å². The minimum absolute atomic E-state index is 0.251. The number of carbonyl (C=O) groups is 2. The van der Waals surface area contributed by atoms with Gasteiger partial charge < -0.3 is 4.74 Å². The summed E-state index contributed by atoms with van der Waals surface area (Å²) in [6.45, 7) is 13.0. The molecule has 0 N–H and O–H groups in total.